The Balaban J connectivity index is 1.09. The van der Waals surface area contributed by atoms with Crippen LogP contribution in [-0.2, 0) is 6.54 Å². The SMILES string of the molecule is CN(CCN1CCN(c2ccccn2)CC1)Cc1cc(-c2ccc3c(c2)OCO3)no1. The smallest absolute Gasteiger partial charge is 0.231 e. The first kappa shape index (κ1) is 19.8. The van der Waals surface area contributed by atoms with Crippen LogP contribution in [-0.4, -0.2) is 73.0 Å². The van der Waals surface area contributed by atoms with Crippen LogP contribution >= 0.6 is 0 Å². The summed E-state index contributed by atoms with van der Waals surface area (Å²) >= 11 is 0. The molecule has 2 aliphatic rings. The highest BCUT2D eigenvalue weighted by Crippen LogP contribution is 2.35. The van der Waals surface area contributed by atoms with Gasteiger partial charge in [-0.2, -0.15) is 0 Å². The second-order valence-electron chi connectivity index (χ2n) is 8.00. The van der Waals surface area contributed by atoms with Crippen molar-refractivity contribution in [2.75, 3.05) is 58.0 Å². The van der Waals surface area contributed by atoms with E-state index in [1.165, 1.54) is 0 Å². The van der Waals surface area contributed by atoms with Gasteiger partial charge in [-0.05, 0) is 37.4 Å². The lowest BCUT2D eigenvalue weighted by Gasteiger charge is -2.36. The van der Waals surface area contributed by atoms with Crippen LogP contribution in [0.1, 0.15) is 5.76 Å². The molecule has 1 aromatic carbocycles. The van der Waals surface area contributed by atoms with Crippen LogP contribution in [0.4, 0.5) is 5.82 Å². The van der Waals surface area contributed by atoms with E-state index < -0.39 is 0 Å². The van der Waals surface area contributed by atoms with E-state index >= 15 is 0 Å². The third kappa shape index (κ3) is 4.65. The molecule has 0 unspecified atom stereocenters. The van der Waals surface area contributed by atoms with Gasteiger partial charge in [0.25, 0.3) is 0 Å². The number of rotatable bonds is 7. The molecule has 0 aliphatic carbocycles. The molecule has 0 bridgehead atoms. The predicted octanol–water partition coefficient (Wildman–Crippen LogP) is 2.72. The monoisotopic (exact) mass is 421 g/mol. The van der Waals surface area contributed by atoms with Gasteiger partial charge in [0.15, 0.2) is 17.3 Å². The molecule has 162 valence electrons. The fraction of sp³-hybridized carbons (Fsp3) is 0.391. The molecule has 1 saturated heterocycles. The summed E-state index contributed by atoms with van der Waals surface area (Å²) in [6, 6.07) is 13.9. The molecule has 8 heteroatoms. The average Bonchev–Trinajstić information content (AvgIpc) is 3.47. The van der Waals surface area contributed by atoms with E-state index in [0.29, 0.717) is 0 Å². The van der Waals surface area contributed by atoms with Crippen molar-refractivity contribution in [1.82, 2.24) is 19.9 Å². The normalized spacial score (nSPS) is 16.3. The summed E-state index contributed by atoms with van der Waals surface area (Å²) in [5.74, 6) is 3.45. The van der Waals surface area contributed by atoms with Gasteiger partial charge in [-0.15, -0.1) is 0 Å². The van der Waals surface area contributed by atoms with Crippen molar-refractivity contribution >= 4 is 5.82 Å². The molecule has 3 aromatic rings. The molecule has 4 heterocycles. The van der Waals surface area contributed by atoms with Gasteiger partial charge >= 0.3 is 0 Å². The summed E-state index contributed by atoms with van der Waals surface area (Å²) in [4.78, 5) is 11.6. The summed E-state index contributed by atoms with van der Waals surface area (Å²) in [6.07, 6.45) is 1.86. The second-order valence-corrected chi connectivity index (χ2v) is 8.00. The number of pyridine rings is 1. The van der Waals surface area contributed by atoms with Gasteiger partial charge in [-0.3, -0.25) is 9.80 Å². The van der Waals surface area contributed by atoms with Gasteiger partial charge in [-0.25, -0.2) is 4.98 Å². The molecule has 5 rings (SSSR count). The Bertz CT molecular complexity index is 1000. The molecule has 2 aromatic heterocycles. The Kier molecular flexibility index (Phi) is 5.73. The van der Waals surface area contributed by atoms with E-state index in [1.807, 2.05) is 42.6 Å². The first-order chi connectivity index (χ1) is 15.2. The van der Waals surface area contributed by atoms with Crippen molar-refractivity contribution in [2.45, 2.75) is 6.54 Å². The fourth-order valence-corrected chi connectivity index (χ4v) is 3.98. The lowest BCUT2D eigenvalue weighted by atomic mass is 10.1. The molecule has 0 amide bonds. The summed E-state index contributed by atoms with van der Waals surface area (Å²) in [5, 5.41) is 4.23. The van der Waals surface area contributed by atoms with Crippen LogP contribution in [0.2, 0.25) is 0 Å². The number of hydrogen-bond donors (Lipinski definition) is 0. The van der Waals surface area contributed by atoms with Crippen LogP contribution in [0.5, 0.6) is 11.5 Å². The molecular formula is C23H27N5O3. The number of piperazine rings is 1. The minimum absolute atomic E-state index is 0.270. The number of hydrogen-bond acceptors (Lipinski definition) is 8. The zero-order valence-electron chi connectivity index (χ0n) is 17.7. The van der Waals surface area contributed by atoms with Gasteiger partial charge in [0.2, 0.25) is 6.79 Å². The van der Waals surface area contributed by atoms with E-state index in [9.17, 15) is 0 Å². The molecule has 8 nitrogen and oxygen atoms in total. The van der Waals surface area contributed by atoms with Crippen LogP contribution in [0.25, 0.3) is 11.3 Å². The molecule has 0 spiro atoms. The zero-order chi connectivity index (χ0) is 21.0. The number of aromatic nitrogens is 2. The largest absolute Gasteiger partial charge is 0.454 e. The fourth-order valence-electron chi connectivity index (χ4n) is 3.98. The van der Waals surface area contributed by atoms with Crippen molar-refractivity contribution in [1.29, 1.82) is 0 Å². The van der Waals surface area contributed by atoms with E-state index in [-0.39, 0.29) is 6.79 Å². The number of fused-ring (bicyclic) bond motifs is 1. The molecule has 0 radical (unpaired) electrons. The van der Waals surface area contributed by atoms with Crippen molar-refractivity contribution in [3.8, 4) is 22.8 Å². The van der Waals surface area contributed by atoms with Gasteiger partial charge in [0.1, 0.15) is 11.5 Å². The lowest BCUT2D eigenvalue weighted by Crippen LogP contribution is -2.48. The number of anilines is 1. The Hall–Kier alpha value is -3.10. The minimum Gasteiger partial charge on any atom is -0.454 e. The molecule has 0 atom stereocenters. The number of benzene rings is 1. The van der Waals surface area contributed by atoms with Crippen LogP contribution in [0, 0.1) is 0 Å². The molecule has 2 aliphatic heterocycles. The lowest BCUT2D eigenvalue weighted by molar-refractivity contribution is 0.174. The van der Waals surface area contributed by atoms with Gasteiger partial charge in [0.05, 0.1) is 6.54 Å². The van der Waals surface area contributed by atoms with Crippen LogP contribution in [0.15, 0.2) is 53.2 Å². The van der Waals surface area contributed by atoms with Crippen molar-refractivity contribution in [3.05, 3.63) is 54.4 Å². The van der Waals surface area contributed by atoms with E-state index in [4.69, 9.17) is 14.0 Å². The van der Waals surface area contributed by atoms with Crippen molar-refractivity contribution in [3.63, 3.8) is 0 Å². The van der Waals surface area contributed by atoms with Crippen LogP contribution < -0.4 is 14.4 Å². The molecule has 0 N–H and O–H groups in total. The first-order valence-electron chi connectivity index (χ1n) is 10.7. The quantitative estimate of drug-likeness (QED) is 0.577. The van der Waals surface area contributed by atoms with E-state index in [1.54, 1.807) is 0 Å². The summed E-state index contributed by atoms with van der Waals surface area (Å²) in [5.41, 5.74) is 1.78. The highest BCUT2D eigenvalue weighted by atomic mass is 16.7. The number of ether oxygens (including phenoxy) is 2. The third-order valence-electron chi connectivity index (χ3n) is 5.80. The molecular weight excluding hydrogens is 394 g/mol. The Morgan fingerprint density at radius 3 is 2.71 bits per heavy atom. The third-order valence-corrected chi connectivity index (χ3v) is 5.80. The van der Waals surface area contributed by atoms with Gasteiger partial charge < -0.3 is 18.9 Å². The first-order valence-corrected chi connectivity index (χ1v) is 10.7. The minimum atomic E-state index is 0.270. The number of nitrogens with zero attached hydrogens (tertiary/aromatic N) is 5. The summed E-state index contributed by atoms with van der Waals surface area (Å²) in [7, 11) is 2.12. The second kappa shape index (κ2) is 8.95. The van der Waals surface area contributed by atoms with Crippen LogP contribution in [0.3, 0.4) is 0 Å². The highest BCUT2D eigenvalue weighted by molar-refractivity contribution is 5.64. The highest BCUT2D eigenvalue weighted by Gasteiger charge is 2.19. The summed E-state index contributed by atoms with van der Waals surface area (Å²) < 4.78 is 16.4. The standard InChI is InChI=1S/C23H27N5O3/c1-26(8-9-27-10-12-28(13-11-27)23-4-2-3-7-24-23)16-19-15-20(25-31-19)18-5-6-21-22(14-18)30-17-29-21/h2-7,14-15H,8-13,16-17H2,1H3. The number of likely N-dealkylation sites (N-methyl/N-ethyl adjacent to an activating group) is 1. The maximum atomic E-state index is 5.57. The summed E-state index contributed by atoms with van der Waals surface area (Å²) in [6.45, 7) is 7.15. The average molecular weight is 422 g/mol. The van der Waals surface area contributed by atoms with Gasteiger partial charge in [0, 0.05) is 57.1 Å². The maximum absolute atomic E-state index is 5.57. The molecule has 1 fully saturated rings. The molecule has 31 heavy (non-hydrogen) atoms. The maximum Gasteiger partial charge on any atom is 0.231 e. The molecule has 0 saturated carbocycles. The van der Waals surface area contributed by atoms with Crippen molar-refractivity contribution < 1.29 is 14.0 Å². The Morgan fingerprint density at radius 2 is 1.87 bits per heavy atom. The topological polar surface area (TPSA) is 67.1 Å². The van der Waals surface area contributed by atoms with Gasteiger partial charge in [-0.1, -0.05) is 11.2 Å². The predicted molar refractivity (Wildman–Crippen MR) is 117 cm³/mol. The zero-order valence-corrected chi connectivity index (χ0v) is 17.7. The van der Waals surface area contributed by atoms with Crippen molar-refractivity contribution in [2.24, 2.45) is 0 Å². The Morgan fingerprint density at radius 1 is 1.00 bits per heavy atom. The van der Waals surface area contributed by atoms with E-state index in [0.717, 1.165) is 80.1 Å². The Labute approximate surface area is 182 Å². The van der Waals surface area contributed by atoms with E-state index in [2.05, 4.69) is 38.0 Å².